The lowest BCUT2D eigenvalue weighted by molar-refractivity contribution is -0.175. The van der Waals surface area contributed by atoms with E-state index in [-0.39, 0.29) is 0 Å². The summed E-state index contributed by atoms with van der Waals surface area (Å²) in [6.45, 7) is 1.49. The lowest BCUT2D eigenvalue weighted by Crippen LogP contribution is -2.52. The second-order valence-corrected chi connectivity index (χ2v) is 3.16. The van der Waals surface area contributed by atoms with Crippen molar-refractivity contribution in [2.24, 2.45) is 0 Å². The van der Waals surface area contributed by atoms with Crippen LogP contribution in [0.3, 0.4) is 0 Å². The molecule has 0 fully saturated rings. The first-order chi connectivity index (χ1) is 6.82. The van der Waals surface area contributed by atoms with Gasteiger partial charge in [0, 0.05) is 0 Å². The topological polar surface area (TPSA) is 58.6 Å². The van der Waals surface area contributed by atoms with Crippen LogP contribution in [0, 0.1) is 0 Å². The lowest BCUT2D eigenvalue weighted by atomic mass is 10.0. The van der Waals surface area contributed by atoms with Crippen molar-refractivity contribution in [3.8, 4) is 0 Å². The molecule has 1 amide bonds. The minimum Gasteiger partial charge on any atom is -0.496 e. The molecule has 1 heterocycles. The highest BCUT2D eigenvalue weighted by Gasteiger charge is 2.41. The fourth-order valence-corrected chi connectivity index (χ4v) is 1.11. The maximum atomic E-state index is 11.9. The van der Waals surface area contributed by atoms with Gasteiger partial charge in [0.05, 0.1) is 12.3 Å². The Morgan fingerprint density at radius 3 is 2.67 bits per heavy atom. The number of aliphatic hydroxyl groups excluding tert-OH is 1. The summed E-state index contributed by atoms with van der Waals surface area (Å²) < 4.78 is 40.5. The van der Waals surface area contributed by atoms with Crippen molar-refractivity contribution < 1.29 is 27.8 Å². The molecule has 0 radical (unpaired) electrons. The Hall–Kier alpha value is -1.24. The number of halogens is 3. The van der Waals surface area contributed by atoms with Crippen LogP contribution in [-0.4, -0.2) is 35.4 Å². The number of aliphatic hydroxyl groups is 1. The molecule has 15 heavy (non-hydrogen) atoms. The molecule has 0 bridgehead atoms. The van der Waals surface area contributed by atoms with Gasteiger partial charge in [0.2, 0.25) is 0 Å². The van der Waals surface area contributed by atoms with Crippen molar-refractivity contribution in [3.63, 3.8) is 0 Å². The normalized spacial score (nSPS) is 30.9. The van der Waals surface area contributed by atoms with Crippen LogP contribution < -0.4 is 5.32 Å². The van der Waals surface area contributed by atoms with E-state index in [1.165, 1.54) is 6.92 Å². The van der Waals surface area contributed by atoms with Crippen LogP contribution in [0.1, 0.15) is 6.92 Å². The summed E-state index contributed by atoms with van der Waals surface area (Å²) in [4.78, 5) is 10.6. The zero-order valence-corrected chi connectivity index (χ0v) is 7.78. The standard InChI is InChI=1S/C8H10F3NO3/c1-4-6(13)5(2-3-15-4)12-7(14)8(9,10)11/h2-6,13H,1H3,(H,12,14)/t4-,5-,6-/m0/s1. The van der Waals surface area contributed by atoms with E-state index in [2.05, 4.69) is 0 Å². The maximum Gasteiger partial charge on any atom is 0.471 e. The van der Waals surface area contributed by atoms with E-state index in [4.69, 9.17) is 4.74 Å². The van der Waals surface area contributed by atoms with Crippen LogP contribution >= 0.6 is 0 Å². The molecule has 86 valence electrons. The third-order valence-electron chi connectivity index (χ3n) is 1.98. The molecule has 0 saturated heterocycles. The van der Waals surface area contributed by atoms with Gasteiger partial charge in [0.1, 0.15) is 12.2 Å². The number of hydrogen-bond acceptors (Lipinski definition) is 3. The Bertz CT molecular complexity index is 277. The molecule has 1 aliphatic rings. The van der Waals surface area contributed by atoms with Crippen molar-refractivity contribution in [1.82, 2.24) is 5.32 Å². The van der Waals surface area contributed by atoms with E-state index in [0.717, 1.165) is 12.3 Å². The minimum atomic E-state index is -4.95. The van der Waals surface area contributed by atoms with Crippen LogP contribution in [0.4, 0.5) is 13.2 Å². The number of rotatable bonds is 1. The van der Waals surface area contributed by atoms with Gasteiger partial charge in [-0.2, -0.15) is 13.2 Å². The molecule has 0 aromatic heterocycles. The Morgan fingerprint density at radius 1 is 1.53 bits per heavy atom. The van der Waals surface area contributed by atoms with Crippen LogP contribution in [0.2, 0.25) is 0 Å². The van der Waals surface area contributed by atoms with Gasteiger partial charge in [0.25, 0.3) is 0 Å². The second-order valence-electron chi connectivity index (χ2n) is 3.16. The Balaban J connectivity index is 2.62. The van der Waals surface area contributed by atoms with Gasteiger partial charge in [0.15, 0.2) is 0 Å². The molecular formula is C8H10F3NO3. The number of amides is 1. The summed E-state index contributed by atoms with van der Waals surface area (Å²) in [5.74, 6) is -2.08. The SMILES string of the molecule is C[C@@H]1OC=C[C@H](NC(=O)C(F)(F)F)[C@H]1O. The smallest absolute Gasteiger partial charge is 0.471 e. The molecule has 0 aromatic rings. The van der Waals surface area contributed by atoms with Gasteiger partial charge in [-0.1, -0.05) is 0 Å². The maximum absolute atomic E-state index is 11.9. The van der Waals surface area contributed by atoms with Crippen LogP contribution in [-0.2, 0) is 9.53 Å². The average Bonchev–Trinajstić information content (AvgIpc) is 2.11. The predicted octanol–water partition coefficient (Wildman–Crippen LogP) is 0.327. The summed E-state index contributed by atoms with van der Waals surface area (Å²) in [7, 11) is 0. The fourth-order valence-electron chi connectivity index (χ4n) is 1.11. The minimum absolute atomic E-state index is 0.659. The van der Waals surface area contributed by atoms with E-state index in [1.54, 1.807) is 5.32 Å². The zero-order valence-electron chi connectivity index (χ0n) is 7.78. The van der Waals surface area contributed by atoms with E-state index >= 15 is 0 Å². The number of ether oxygens (including phenoxy) is 1. The van der Waals surface area contributed by atoms with Gasteiger partial charge < -0.3 is 15.2 Å². The van der Waals surface area contributed by atoms with E-state index in [9.17, 15) is 23.1 Å². The number of carbonyl (C=O) groups excluding carboxylic acids is 1. The highest BCUT2D eigenvalue weighted by molar-refractivity contribution is 5.82. The van der Waals surface area contributed by atoms with Crippen LogP contribution in [0.15, 0.2) is 12.3 Å². The van der Waals surface area contributed by atoms with Crippen LogP contribution in [0.5, 0.6) is 0 Å². The van der Waals surface area contributed by atoms with Crippen molar-refractivity contribution in [3.05, 3.63) is 12.3 Å². The van der Waals surface area contributed by atoms with Gasteiger partial charge in [-0.3, -0.25) is 4.79 Å². The highest BCUT2D eigenvalue weighted by atomic mass is 19.4. The first-order valence-electron chi connectivity index (χ1n) is 4.20. The van der Waals surface area contributed by atoms with Crippen molar-refractivity contribution >= 4 is 5.91 Å². The van der Waals surface area contributed by atoms with Crippen molar-refractivity contribution in [2.45, 2.75) is 31.3 Å². The van der Waals surface area contributed by atoms with Gasteiger partial charge in [-0.05, 0) is 13.0 Å². The molecule has 1 rings (SSSR count). The summed E-state index contributed by atoms with van der Waals surface area (Å²) in [5, 5.41) is 11.1. The Labute approximate surface area is 83.7 Å². The predicted molar refractivity (Wildman–Crippen MR) is 43.7 cm³/mol. The first kappa shape index (κ1) is 11.8. The number of carbonyl (C=O) groups is 1. The van der Waals surface area contributed by atoms with E-state index in [1.807, 2.05) is 0 Å². The molecule has 0 aliphatic carbocycles. The van der Waals surface area contributed by atoms with Crippen molar-refractivity contribution in [1.29, 1.82) is 0 Å². The molecular weight excluding hydrogens is 215 g/mol. The first-order valence-corrected chi connectivity index (χ1v) is 4.20. The summed E-state index contributed by atoms with van der Waals surface area (Å²) in [6.07, 6.45) is -4.49. The van der Waals surface area contributed by atoms with Crippen LogP contribution in [0.25, 0.3) is 0 Å². The molecule has 2 N–H and O–H groups in total. The molecule has 0 aromatic carbocycles. The van der Waals surface area contributed by atoms with E-state index in [0.29, 0.717) is 0 Å². The van der Waals surface area contributed by atoms with Gasteiger partial charge in [-0.25, -0.2) is 0 Å². The Kier molecular flexibility index (Phi) is 3.23. The van der Waals surface area contributed by atoms with E-state index < -0.39 is 30.3 Å². The summed E-state index contributed by atoms with van der Waals surface area (Å²) in [6, 6.07) is -1.08. The van der Waals surface area contributed by atoms with Gasteiger partial charge >= 0.3 is 12.1 Å². The number of hydrogen-bond donors (Lipinski definition) is 2. The molecule has 3 atom stereocenters. The average molecular weight is 225 g/mol. The monoisotopic (exact) mass is 225 g/mol. The molecule has 1 aliphatic heterocycles. The summed E-state index contributed by atoms with van der Waals surface area (Å²) >= 11 is 0. The Morgan fingerprint density at radius 2 is 2.13 bits per heavy atom. The number of alkyl halides is 3. The lowest BCUT2D eigenvalue weighted by Gasteiger charge is -2.29. The molecule has 0 saturated carbocycles. The quantitative estimate of drug-likeness (QED) is 0.676. The highest BCUT2D eigenvalue weighted by Crippen LogP contribution is 2.17. The fraction of sp³-hybridized carbons (Fsp3) is 0.625. The van der Waals surface area contributed by atoms with Gasteiger partial charge in [-0.15, -0.1) is 0 Å². The third-order valence-corrected chi connectivity index (χ3v) is 1.98. The molecule has 0 unspecified atom stereocenters. The molecule has 7 heteroatoms. The largest absolute Gasteiger partial charge is 0.496 e. The third kappa shape index (κ3) is 2.85. The number of nitrogens with one attached hydrogen (secondary N) is 1. The molecule has 4 nitrogen and oxygen atoms in total. The zero-order chi connectivity index (χ0) is 11.6. The molecule has 0 spiro atoms. The second kappa shape index (κ2) is 4.09. The van der Waals surface area contributed by atoms with Crippen molar-refractivity contribution in [2.75, 3.05) is 0 Å². The summed E-state index contributed by atoms with van der Waals surface area (Å²) in [5.41, 5.74) is 0.